The number of nitrogens with zero attached hydrogens (tertiary/aromatic N) is 1. The molecule has 0 aliphatic heterocycles. The molecule has 1 N–H and O–H groups in total. The Hall–Kier alpha value is -5.36. The van der Waals surface area contributed by atoms with Crippen LogP contribution in [0.5, 0.6) is 0 Å². The number of H-pyrrole nitrogens is 1. The van der Waals surface area contributed by atoms with Gasteiger partial charge in [-0.1, -0.05) is 96.6 Å². The third kappa shape index (κ3) is 4.39. The van der Waals surface area contributed by atoms with Gasteiger partial charge in [0.1, 0.15) is 11.3 Å². The standard InChI is InChI=1S/C35H28N2O4/c1-22-18-20-25(21-19-22)37-32(29-26-16-10-11-17-27(26)36-31(29)24-14-8-5-9-15-24)28(23-12-6-4-7-13-23)30(34(38)40-2)33(37)35(39)41-3/h4-21,36H,1-3H3. The van der Waals surface area contributed by atoms with Gasteiger partial charge in [0.2, 0.25) is 0 Å². The van der Waals surface area contributed by atoms with Crippen molar-refractivity contribution in [2.75, 3.05) is 14.2 Å². The topological polar surface area (TPSA) is 73.3 Å². The Morgan fingerprint density at radius 2 is 1.24 bits per heavy atom. The molecule has 0 spiro atoms. The molecular weight excluding hydrogens is 512 g/mol. The highest BCUT2D eigenvalue weighted by atomic mass is 16.5. The summed E-state index contributed by atoms with van der Waals surface area (Å²) < 4.78 is 12.5. The van der Waals surface area contributed by atoms with Gasteiger partial charge in [-0.3, -0.25) is 0 Å². The lowest BCUT2D eigenvalue weighted by atomic mass is 9.94. The summed E-state index contributed by atoms with van der Waals surface area (Å²) in [4.78, 5) is 30.9. The van der Waals surface area contributed by atoms with Crippen molar-refractivity contribution in [3.8, 4) is 39.3 Å². The first-order chi connectivity index (χ1) is 20.0. The lowest BCUT2D eigenvalue weighted by Crippen LogP contribution is -2.15. The molecule has 0 unspecified atom stereocenters. The van der Waals surface area contributed by atoms with E-state index < -0.39 is 11.9 Å². The fourth-order valence-corrected chi connectivity index (χ4v) is 5.45. The summed E-state index contributed by atoms with van der Waals surface area (Å²) in [6.07, 6.45) is 0. The summed E-state index contributed by atoms with van der Waals surface area (Å²) in [6.45, 7) is 2.00. The molecule has 202 valence electrons. The van der Waals surface area contributed by atoms with Gasteiger partial charge in [0.25, 0.3) is 0 Å². The van der Waals surface area contributed by atoms with Crippen molar-refractivity contribution < 1.29 is 19.1 Å². The van der Waals surface area contributed by atoms with Crippen LogP contribution in [-0.2, 0) is 9.47 Å². The molecule has 6 heteroatoms. The van der Waals surface area contributed by atoms with E-state index in [-0.39, 0.29) is 11.3 Å². The van der Waals surface area contributed by atoms with Gasteiger partial charge in [-0.15, -0.1) is 0 Å². The summed E-state index contributed by atoms with van der Waals surface area (Å²) in [6, 6.07) is 35.5. The number of carbonyl (C=O) groups excluding carboxylic acids is 2. The van der Waals surface area contributed by atoms with Crippen molar-refractivity contribution in [1.82, 2.24) is 9.55 Å². The maximum atomic E-state index is 13.6. The van der Waals surface area contributed by atoms with E-state index in [9.17, 15) is 9.59 Å². The predicted octanol–water partition coefficient (Wildman–Crippen LogP) is 7.84. The van der Waals surface area contributed by atoms with E-state index in [0.717, 1.165) is 38.9 Å². The van der Waals surface area contributed by atoms with Crippen LogP contribution < -0.4 is 0 Å². The number of ether oxygens (including phenoxy) is 2. The largest absolute Gasteiger partial charge is 0.465 e. The fourth-order valence-electron chi connectivity index (χ4n) is 5.45. The maximum absolute atomic E-state index is 13.6. The number of methoxy groups -OCH3 is 2. The van der Waals surface area contributed by atoms with Crippen molar-refractivity contribution in [3.63, 3.8) is 0 Å². The number of hydrogen-bond donors (Lipinski definition) is 1. The number of aromatic amines is 1. The summed E-state index contributed by atoms with van der Waals surface area (Å²) in [5.74, 6) is -1.27. The zero-order valence-corrected chi connectivity index (χ0v) is 23.0. The molecule has 0 saturated heterocycles. The van der Waals surface area contributed by atoms with E-state index in [4.69, 9.17) is 9.47 Å². The molecule has 2 heterocycles. The zero-order valence-electron chi connectivity index (χ0n) is 23.0. The van der Waals surface area contributed by atoms with Gasteiger partial charge >= 0.3 is 11.9 Å². The van der Waals surface area contributed by atoms with Gasteiger partial charge < -0.3 is 19.0 Å². The number of fused-ring (bicyclic) bond motifs is 1. The Labute approximate surface area is 237 Å². The van der Waals surface area contributed by atoms with Crippen LogP contribution in [0.2, 0.25) is 0 Å². The third-order valence-electron chi connectivity index (χ3n) is 7.30. The molecule has 4 aromatic carbocycles. The SMILES string of the molecule is COC(=O)c1c(-c2ccccc2)c(-c2c(-c3ccccc3)[nH]c3ccccc23)n(-c2ccc(C)cc2)c1C(=O)OC. The second kappa shape index (κ2) is 10.7. The van der Waals surface area contributed by atoms with Crippen LogP contribution in [0.4, 0.5) is 0 Å². The minimum atomic E-state index is -0.643. The minimum absolute atomic E-state index is 0.0985. The van der Waals surface area contributed by atoms with E-state index in [2.05, 4.69) is 4.98 Å². The predicted molar refractivity (Wildman–Crippen MR) is 161 cm³/mol. The molecule has 0 saturated carbocycles. The molecule has 0 amide bonds. The van der Waals surface area contributed by atoms with Gasteiger partial charge in [-0.25, -0.2) is 9.59 Å². The monoisotopic (exact) mass is 540 g/mol. The van der Waals surface area contributed by atoms with Crippen LogP contribution in [-0.4, -0.2) is 35.7 Å². The van der Waals surface area contributed by atoms with Crippen LogP contribution in [0.15, 0.2) is 109 Å². The third-order valence-corrected chi connectivity index (χ3v) is 7.30. The van der Waals surface area contributed by atoms with Crippen molar-refractivity contribution >= 4 is 22.8 Å². The zero-order chi connectivity index (χ0) is 28.5. The van der Waals surface area contributed by atoms with Gasteiger partial charge in [0.15, 0.2) is 0 Å². The van der Waals surface area contributed by atoms with E-state index in [1.807, 2.05) is 121 Å². The first-order valence-electron chi connectivity index (χ1n) is 13.3. The fraction of sp³-hybridized carbons (Fsp3) is 0.0857. The van der Waals surface area contributed by atoms with Gasteiger partial charge in [0.05, 0.1) is 25.6 Å². The number of aromatic nitrogens is 2. The number of nitrogens with one attached hydrogen (secondary N) is 1. The normalized spacial score (nSPS) is 11.0. The summed E-state index contributed by atoms with van der Waals surface area (Å²) >= 11 is 0. The van der Waals surface area contributed by atoms with Crippen LogP contribution in [0.1, 0.15) is 26.4 Å². The number of carbonyl (C=O) groups is 2. The molecule has 0 radical (unpaired) electrons. The second-order valence-electron chi connectivity index (χ2n) is 9.75. The van der Waals surface area contributed by atoms with E-state index >= 15 is 0 Å². The highest BCUT2D eigenvalue weighted by Gasteiger charge is 2.36. The summed E-state index contributed by atoms with van der Waals surface area (Å²) in [5, 5.41) is 0.947. The Kier molecular flexibility index (Phi) is 6.73. The molecule has 0 aliphatic carbocycles. The number of esters is 2. The van der Waals surface area contributed by atoms with Gasteiger partial charge in [-0.2, -0.15) is 0 Å². The number of aryl methyl sites for hydroxylation is 1. The average Bonchev–Trinajstić information content (AvgIpc) is 3.58. The molecule has 6 rings (SSSR count). The van der Waals surface area contributed by atoms with Crippen LogP contribution in [0.25, 0.3) is 50.2 Å². The Bertz CT molecular complexity index is 1880. The molecule has 6 aromatic rings. The molecule has 6 nitrogen and oxygen atoms in total. The number of hydrogen-bond acceptors (Lipinski definition) is 4. The average molecular weight is 541 g/mol. The number of benzene rings is 4. The van der Waals surface area contributed by atoms with Crippen LogP contribution in [0.3, 0.4) is 0 Å². The molecule has 0 fully saturated rings. The lowest BCUT2D eigenvalue weighted by Gasteiger charge is -2.16. The van der Waals surface area contributed by atoms with Crippen LogP contribution >= 0.6 is 0 Å². The Morgan fingerprint density at radius 1 is 0.659 bits per heavy atom. The quantitative estimate of drug-likeness (QED) is 0.218. The lowest BCUT2D eigenvalue weighted by molar-refractivity contribution is 0.0550. The minimum Gasteiger partial charge on any atom is -0.465 e. The summed E-state index contributed by atoms with van der Waals surface area (Å²) in [5.41, 5.74) is 7.66. The van der Waals surface area contributed by atoms with Crippen LogP contribution in [0, 0.1) is 6.92 Å². The molecule has 0 atom stereocenters. The van der Waals surface area contributed by atoms with E-state index in [1.54, 1.807) is 0 Å². The van der Waals surface area contributed by atoms with E-state index in [1.165, 1.54) is 14.2 Å². The number of rotatable bonds is 6. The first-order valence-corrected chi connectivity index (χ1v) is 13.3. The van der Waals surface area contributed by atoms with E-state index in [0.29, 0.717) is 16.9 Å². The molecular formula is C35H28N2O4. The van der Waals surface area contributed by atoms with Crippen molar-refractivity contribution in [1.29, 1.82) is 0 Å². The van der Waals surface area contributed by atoms with Gasteiger partial charge in [-0.05, 0) is 36.2 Å². The van der Waals surface area contributed by atoms with Crippen molar-refractivity contribution in [3.05, 3.63) is 126 Å². The number of para-hydroxylation sites is 1. The smallest absolute Gasteiger partial charge is 0.355 e. The Morgan fingerprint density at radius 3 is 1.88 bits per heavy atom. The second-order valence-corrected chi connectivity index (χ2v) is 9.75. The molecule has 0 bridgehead atoms. The highest BCUT2D eigenvalue weighted by molar-refractivity contribution is 6.15. The summed E-state index contributed by atoms with van der Waals surface area (Å²) in [7, 11) is 2.64. The highest BCUT2D eigenvalue weighted by Crippen LogP contribution is 2.47. The van der Waals surface area contributed by atoms with Crippen molar-refractivity contribution in [2.45, 2.75) is 6.92 Å². The molecule has 2 aromatic heterocycles. The van der Waals surface area contributed by atoms with Crippen molar-refractivity contribution in [2.24, 2.45) is 0 Å². The first kappa shape index (κ1) is 25.9. The molecule has 0 aliphatic rings. The molecule has 41 heavy (non-hydrogen) atoms. The maximum Gasteiger partial charge on any atom is 0.355 e. The Balaban J connectivity index is 1.89. The van der Waals surface area contributed by atoms with Gasteiger partial charge in [0, 0.05) is 27.7 Å².